The van der Waals surface area contributed by atoms with Crippen LogP contribution in [0.4, 0.5) is 5.69 Å². The van der Waals surface area contributed by atoms with E-state index in [4.69, 9.17) is 23.8 Å². The molecule has 0 atom stereocenters. The minimum atomic E-state index is -0.570. The maximum absolute atomic E-state index is 12.9. The maximum atomic E-state index is 12.9. The number of aromatic hydroxyl groups is 1. The number of nitrogens with one attached hydrogen (secondary N) is 1. The monoisotopic (exact) mass is 372 g/mol. The van der Waals surface area contributed by atoms with Crippen molar-refractivity contribution in [3.63, 3.8) is 0 Å². The summed E-state index contributed by atoms with van der Waals surface area (Å²) in [7, 11) is 0. The number of halogens is 1. The minimum absolute atomic E-state index is 0.00298. The molecule has 3 rings (SSSR count). The van der Waals surface area contributed by atoms with Crippen LogP contribution < -0.4 is 10.2 Å². The molecule has 0 spiro atoms. The van der Waals surface area contributed by atoms with Gasteiger partial charge in [0.25, 0.3) is 11.8 Å². The predicted octanol–water partition coefficient (Wildman–Crippen LogP) is 3.19. The topological polar surface area (TPSA) is 69.6 Å². The van der Waals surface area contributed by atoms with Crippen LogP contribution in [0.15, 0.2) is 48.0 Å². The molecule has 0 unspecified atom stereocenters. The van der Waals surface area contributed by atoms with Crippen LogP contribution in [-0.2, 0) is 9.59 Å². The van der Waals surface area contributed by atoms with Gasteiger partial charge >= 0.3 is 0 Å². The van der Waals surface area contributed by atoms with Gasteiger partial charge in [0.1, 0.15) is 11.3 Å². The summed E-state index contributed by atoms with van der Waals surface area (Å²) in [5.74, 6) is -1.01. The first kappa shape index (κ1) is 17.1. The van der Waals surface area contributed by atoms with Crippen LogP contribution in [0.1, 0.15) is 11.1 Å². The molecule has 2 amide bonds. The number of hydrogen-bond acceptors (Lipinski definition) is 4. The third-order valence-electron chi connectivity index (χ3n) is 3.79. The highest BCUT2D eigenvalue weighted by Gasteiger charge is 2.35. The summed E-state index contributed by atoms with van der Waals surface area (Å²) in [5.41, 5.74) is 1.74. The van der Waals surface area contributed by atoms with E-state index in [2.05, 4.69) is 5.32 Å². The van der Waals surface area contributed by atoms with Crippen molar-refractivity contribution in [3.8, 4) is 5.75 Å². The van der Waals surface area contributed by atoms with Crippen LogP contribution in [-0.4, -0.2) is 22.0 Å². The number of rotatable bonds is 2. The average Bonchev–Trinajstić information content (AvgIpc) is 2.57. The number of hydrogen-bond donors (Lipinski definition) is 2. The van der Waals surface area contributed by atoms with Gasteiger partial charge in [-0.3, -0.25) is 19.8 Å². The second-order valence-electron chi connectivity index (χ2n) is 5.43. The van der Waals surface area contributed by atoms with E-state index >= 15 is 0 Å². The zero-order valence-electron chi connectivity index (χ0n) is 13.1. The summed E-state index contributed by atoms with van der Waals surface area (Å²) in [5, 5.41) is 12.4. The van der Waals surface area contributed by atoms with Crippen molar-refractivity contribution in [2.75, 3.05) is 4.90 Å². The fourth-order valence-electron chi connectivity index (χ4n) is 2.45. The fourth-order valence-corrected chi connectivity index (χ4v) is 2.90. The summed E-state index contributed by atoms with van der Waals surface area (Å²) in [6.45, 7) is 1.77. The first-order valence-corrected chi connectivity index (χ1v) is 8.12. The Hall–Kier alpha value is -2.70. The molecule has 0 aromatic heterocycles. The molecule has 0 aliphatic carbocycles. The van der Waals surface area contributed by atoms with Gasteiger partial charge in [-0.25, -0.2) is 0 Å². The summed E-state index contributed by atoms with van der Waals surface area (Å²) in [6.07, 6.45) is 1.45. The molecule has 25 heavy (non-hydrogen) atoms. The molecule has 7 heteroatoms. The number of carbonyl (C=O) groups excluding carboxylic acids is 2. The van der Waals surface area contributed by atoms with Crippen LogP contribution in [0, 0.1) is 6.92 Å². The summed E-state index contributed by atoms with van der Waals surface area (Å²) >= 11 is 11.3. The van der Waals surface area contributed by atoms with Crippen LogP contribution in [0.3, 0.4) is 0 Å². The number of nitrogens with zero attached hydrogens (tertiary/aromatic N) is 1. The second kappa shape index (κ2) is 6.66. The standard InChI is InChI=1S/C18H13ClN2O3S/c1-10-14(19)3-2-4-15(10)21-17(24)13(16(23)20-18(21)25)9-11-5-7-12(22)8-6-11/h2-9,22H,1H3,(H,20,23,25). The van der Waals surface area contributed by atoms with E-state index in [-0.39, 0.29) is 16.4 Å². The van der Waals surface area contributed by atoms with Crippen molar-refractivity contribution in [2.45, 2.75) is 6.92 Å². The van der Waals surface area contributed by atoms with Gasteiger partial charge in [0.15, 0.2) is 5.11 Å². The molecule has 2 N–H and O–H groups in total. The fraction of sp³-hybridized carbons (Fsp3) is 0.0556. The quantitative estimate of drug-likeness (QED) is 0.482. The van der Waals surface area contributed by atoms with Gasteiger partial charge in [-0.05, 0) is 60.6 Å². The number of phenols is 1. The number of thiocarbonyl (C=S) groups is 1. The first-order valence-electron chi connectivity index (χ1n) is 7.34. The Morgan fingerprint density at radius 2 is 1.84 bits per heavy atom. The number of anilines is 1. The van der Waals surface area contributed by atoms with Crippen LogP contribution >= 0.6 is 23.8 Å². The number of amides is 2. The molecule has 2 aromatic rings. The highest BCUT2D eigenvalue weighted by Crippen LogP contribution is 2.29. The van der Waals surface area contributed by atoms with E-state index in [0.29, 0.717) is 21.8 Å². The van der Waals surface area contributed by atoms with E-state index in [1.54, 1.807) is 37.3 Å². The largest absolute Gasteiger partial charge is 0.508 e. The van der Waals surface area contributed by atoms with Gasteiger partial charge in [0, 0.05) is 5.02 Å². The molecule has 0 radical (unpaired) electrons. The van der Waals surface area contributed by atoms with Gasteiger partial charge in [-0.1, -0.05) is 29.8 Å². The Labute approximate surface area is 154 Å². The van der Waals surface area contributed by atoms with Crippen molar-refractivity contribution in [3.05, 3.63) is 64.2 Å². The molecule has 5 nitrogen and oxygen atoms in total. The van der Waals surface area contributed by atoms with Gasteiger partial charge in [-0.2, -0.15) is 0 Å². The first-order chi connectivity index (χ1) is 11.9. The molecule has 2 aromatic carbocycles. The zero-order valence-corrected chi connectivity index (χ0v) is 14.7. The molecule has 1 heterocycles. The van der Waals surface area contributed by atoms with Crippen LogP contribution in [0.2, 0.25) is 5.02 Å². The van der Waals surface area contributed by atoms with E-state index < -0.39 is 11.8 Å². The molecule has 1 fully saturated rings. The van der Waals surface area contributed by atoms with E-state index in [0.717, 1.165) is 0 Å². The molecule has 126 valence electrons. The molecule has 1 aliphatic rings. The lowest BCUT2D eigenvalue weighted by molar-refractivity contribution is -0.122. The number of carbonyl (C=O) groups is 2. The van der Waals surface area contributed by atoms with Gasteiger partial charge < -0.3 is 5.11 Å². The van der Waals surface area contributed by atoms with Crippen molar-refractivity contribution < 1.29 is 14.7 Å². The lowest BCUT2D eigenvalue weighted by Crippen LogP contribution is -2.54. The van der Waals surface area contributed by atoms with Crippen molar-refractivity contribution in [2.24, 2.45) is 0 Å². The Kier molecular flexibility index (Phi) is 4.57. The molecule has 0 bridgehead atoms. The molecule has 1 saturated heterocycles. The molecular weight excluding hydrogens is 360 g/mol. The third kappa shape index (κ3) is 3.26. The van der Waals surface area contributed by atoms with E-state index in [9.17, 15) is 14.7 Å². The zero-order chi connectivity index (χ0) is 18.1. The van der Waals surface area contributed by atoms with E-state index in [1.807, 2.05) is 0 Å². The Bertz CT molecular complexity index is 922. The number of benzene rings is 2. The Balaban J connectivity index is 2.05. The summed E-state index contributed by atoms with van der Waals surface area (Å²) < 4.78 is 0. The van der Waals surface area contributed by atoms with Crippen molar-refractivity contribution >= 4 is 52.5 Å². The SMILES string of the molecule is Cc1c(Cl)cccc1N1C(=O)C(=Cc2ccc(O)cc2)C(=O)NC1=S. The van der Waals surface area contributed by atoms with Gasteiger partial charge in [0.2, 0.25) is 0 Å². The second-order valence-corrected chi connectivity index (χ2v) is 6.23. The van der Waals surface area contributed by atoms with Crippen LogP contribution in [0.25, 0.3) is 6.08 Å². The average molecular weight is 373 g/mol. The predicted molar refractivity (Wildman–Crippen MR) is 100 cm³/mol. The number of phenolic OH excluding ortho intramolecular Hbond substituents is 1. The molecule has 1 aliphatic heterocycles. The molecule has 0 saturated carbocycles. The van der Waals surface area contributed by atoms with E-state index in [1.165, 1.54) is 23.1 Å². The highest BCUT2D eigenvalue weighted by molar-refractivity contribution is 7.80. The van der Waals surface area contributed by atoms with Crippen molar-refractivity contribution in [1.82, 2.24) is 5.32 Å². The van der Waals surface area contributed by atoms with Gasteiger partial charge in [-0.15, -0.1) is 0 Å². The van der Waals surface area contributed by atoms with Gasteiger partial charge in [0.05, 0.1) is 5.69 Å². The summed E-state index contributed by atoms with van der Waals surface area (Å²) in [6, 6.07) is 11.3. The minimum Gasteiger partial charge on any atom is -0.508 e. The highest BCUT2D eigenvalue weighted by atomic mass is 35.5. The van der Waals surface area contributed by atoms with Crippen LogP contribution in [0.5, 0.6) is 5.75 Å². The lowest BCUT2D eigenvalue weighted by Gasteiger charge is -2.30. The third-order valence-corrected chi connectivity index (χ3v) is 4.48. The molecular formula is C18H13ClN2O3S. The van der Waals surface area contributed by atoms with Crippen molar-refractivity contribution in [1.29, 1.82) is 0 Å². The maximum Gasteiger partial charge on any atom is 0.270 e. The summed E-state index contributed by atoms with van der Waals surface area (Å²) in [4.78, 5) is 26.4. The Morgan fingerprint density at radius 1 is 1.16 bits per heavy atom. The lowest BCUT2D eigenvalue weighted by atomic mass is 10.1. The smallest absolute Gasteiger partial charge is 0.270 e. The Morgan fingerprint density at radius 3 is 2.52 bits per heavy atom. The normalized spacial score (nSPS) is 16.3.